The Morgan fingerprint density at radius 3 is 2.64 bits per heavy atom. The first kappa shape index (κ1) is 17.3. The van der Waals surface area contributed by atoms with Crippen LogP contribution in [0.25, 0.3) is 11.0 Å². The van der Waals surface area contributed by atoms with Crippen LogP contribution in [-0.4, -0.2) is 50.6 Å². The maximum Gasteiger partial charge on any atom is 0.329 e. The van der Waals surface area contributed by atoms with Gasteiger partial charge in [0.05, 0.1) is 23.2 Å². The van der Waals surface area contributed by atoms with Gasteiger partial charge in [0, 0.05) is 25.8 Å². The molecule has 2 aromatic rings. The van der Waals surface area contributed by atoms with E-state index < -0.39 is 11.2 Å². The quantitative estimate of drug-likeness (QED) is 0.884. The Bertz CT molecular complexity index is 907. The predicted octanol–water partition coefficient (Wildman–Crippen LogP) is 0.744. The molecule has 0 spiro atoms. The van der Waals surface area contributed by atoms with E-state index in [2.05, 4.69) is 9.97 Å². The Morgan fingerprint density at radius 2 is 2.00 bits per heavy atom. The van der Waals surface area contributed by atoms with Gasteiger partial charge in [0.15, 0.2) is 0 Å². The summed E-state index contributed by atoms with van der Waals surface area (Å²) in [7, 11) is 0. The van der Waals surface area contributed by atoms with Crippen molar-refractivity contribution in [1.82, 2.24) is 19.4 Å². The molecule has 0 unspecified atom stereocenters. The van der Waals surface area contributed by atoms with Crippen molar-refractivity contribution in [3.63, 3.8) is 0 Å². The van der Waals surface area contributed by atoms with E-state index in [9.17, 15) is 14.4 Å². The summed E-state index contributed by atoms with van der Waals surface area (Å²) in [6, 6.07) is 1.51. The van der Waals surface area contributed by atoms with E-state index in [4.69, 9.17) is 4.74 Å². The number of hydrogen-bond acceptors (Lipinski definition) is 5. The van der Waals surface area contributed by atoms with E-state index in [0.29, 0.717) is 30.8 Å². The van der Waals surface area contributed by atoms with Gasteiger partial charge in [0.2, 0.25) is 0 Å². The topological polar surface area (TPSA) is 97.3 Å². The number of nitrogens with one attached hydrogen (secondary N) is 1. The van der Waals surface area contributed by atoms with Crippen LogP contribution < -0.4 is 11.2 Å². The number of fused-ring (bicyclic) bond motifs is 1. The summed E-state index contributed by atoms with van der Waals surface area (Å²) in [5, 5.41) is 0.244. The van der Waals surface area contributed by atoms with Crippen molar-refractivity contribution >= 4 is 16.9 Å². The lowest BCUT2D eigenvalue weighted by Gasteiger charge is -2.35. The third kappa shape index (κ3) is 3.34. The standard InChI is InChI=1S/C17H22N4O4/c1-4-5-21-14-13(15(22)19-17(21)24)6-12(7-18-14)16(23)20-8-10(2)25-11(3)9-20/h6-7,10-11H,4-5,8-9H2,1-3H3,(H,19,22,24)/t10-,11-/m1/s1. The van der Waals surface area contributed by atoms with Gasteiger partial charge in [-0.05, 0) is 26.3 Å². The Hall–Kier alpha value is -2.48. The van der Waals surface area contributed by atoms with Crippen LogP contribution in [0.15, 0.2) is 21.9 Å². The lowest BCUT2D eigenvalue weighted by molar-refractivity contribution is -0.0586. The molecule has 0 saturated carbocycles. The number of pyridine rings is 1. The molecule has 2 atom stereocenters. The second-order valence-electron chi connectivity index (χ2n) is 6.47. The average Bonchev–Trinajstić information content (AvgIpc) is 2.56. The summed E-state index contributed by atoms with van der Waals surface area (Å²) in [5.41, 5.74) is -0.378. The first-order valence-corrected chi connectivity index (χ1v) is 8.48. The number of aryl methyl sites for hydroxylation is 1. The van der Waals surface area contributed by atoms with Gasteiger partial charge in [-0.15, -0.1) is 0 Å². The first-order chi connectivity index (χ1) is 11.9. The molecule has 0 aromatic carbocycles. The van der Waals surface area contributed by atoms with Crippen molar-refractivity contribution in [3.8, 4) is 0 Å². The molecule has 0 aliphatic carbocycles. The highest BCUT2D eigenvalue weighted by Crippen LogP contribution is 2.16. The number of amides is 1. The summed E-state index contributed by atoms with van der Waals surface area (Å²) in [6.45, 7) is 7.21. The number of ether oxygens (including phenoxy) is 1. The van der Waals surface area contributed by atoms with Gasteiger partial charge in [0.25, 0.3) is 11.5 Å². The number of carbonyl (C=O) groups is 1. The van der Waals surface area contributed by atoms with Gasteiger partial charge in [-0.25, -0.2) is 9.78 Å². The number of hydrogen-bond donors (Lipinski definition) is 1. The van der Waals surface area contributed by atoms with Crippen LogP contribution in [-0.2, 0) is 11.3 Å². The summed E-state index contributed by atoms with van der Waals surface area (Å²) in [5.74, 6) is -0.191. The molecule has 25 heavy (non-hydrogen) atoms. The maximum absolute atomic E-state index is 12.8. The van der Waals surface area contributed by atoms with Crippen molar-refractivity contribution in [2.24, 2.45) is 0 Å². The molecule has 0 radical (unpaired) electrons. The lowest BCUT2D eigenvalue weighted by atomic mass is 10.1. The molecule has 1 aliphatic heterocycles. The van der Waals surface area contributed by atoms with Gasteiger partial charge < -0.3 is 9.64 Å². The SMILES string of the molecule is CCCn1c(=O)[nH]c(=O)c2cc(C(=O)N3C[C@@H](C)O[C@H](C)C3)cnc21. The van der Waals surface area contributed by atoms with Gasteiger partial charge in [-0.2, -0.15) is 0 Å². The largest absolute Gasteiger partial charge is 0.372 e. The minimum absolute atomic E-state index is 0.0424. The summed E-state index contributed by atoms with van der Waals surface area (Å²) >= 11 is 0. The van der Waals surface area contributed by atoms with Crippen LogP contribution in [0, 0.1) is 0 Å². The number of H-pyrrole nitrogens is 1. The van der Waals surface area contributed by atoms with Gasteiger partial charge in [-0.1, -0.05) is 6.92 Å². The van der Waals surface area contributed by atoms with Crippen molar-refractivity contribution in [3.05, 3.63) is 38.7 Å². The van der Waals surface area contributed by atoms with Crippen LogP contribution in [0.1, 0.15) is 37.6 Å². The van der Waals surface area contributed by atoms with Gasteiger partial charge >= 0.3 is 5.69 Å². The summed E-state index contributed by atoms with van der Waals surface area (Å²) in [6.07, 6.45) is 2.08. The predicted molar refractivity (Wildman–Crippen MR) is 92.8 cm³/mol. The van der Waals surface area contributed by atoms with Crippen LogP contribution in [0.3, 0.4) is 0 Å². The first-order valence-electron chi connectivity index (χ1n) is 8.48. The summed E-state index contributed by atoms with van der Waals surface area (Å²) < 4.78 is 7.07. The third-order valence-corrected chi connectivity index (χ3v) is 4.23. The van der Waals surface area contributed by atoms with Gasteiger partial charge in [0.1, 0.15) is 5.65 Å². The Balaban J connectivity index is 2.02. The fraction of sp³-hybridized carbons (Fsp3) is 0.529. The molecular formula is C17H22N4O4. The van der Waals surface area contributed by atoms with E-state index >= 15 is 0 Å². The zero-order chi connectivity index (χ0) is 18.1. The highest BCUT2D eigenvalue weighted by atomic mass is 16.5. The van der Waals surface area contributed by atoms with Crippen molar-refractivity contribution in [2.45, 2.75) is 45.9 Å². The molecule has 2 aromatic heterocycles. The van der Waals surface area contributed by atoms with Crippen molar-refractivity contribution in [2.75, 3.05) is 13.1 Å². The maximum atomic E-state index is 12.8. The lowest BCUT2D eigenvalue weighted by Crippen LogP contribution is -2.48. The van der Waals surface area contributed by atoms with Crippen LogP contribution in [0.4, 0.5) is 0 Å². The molecule has 1 aliphatic rings. The molecule has 1 N–H and O–H groups in total. The molecule has 1 fully saturated rings. The van der Waals surface area contributed by atoms with Crippen molar-refractivity contribution in [1.29, 1.82) is 0 Å². The second-order valence-corrected chi connectivity index (χ2v) is 6.47. The molecule has 1 amide bonds. The number of aromatic nitrogens is 3. The number of morpholine rings is 1. The molecule has 3 heterocycles. The molecular weight excluding hydrogens is 324 g/mol. The minimum atomic E-state index is -0.529. The Kier molecular flexibility index (Phi) is 4.71. The summed E-state index contributed by atoms with van der Waals surface area (Å²) in [4.78, 5) is 45.1. The monoisotopic (exact) mass is 346 g/mol. The second kappa shape index (κ2) is 6.79. The number of rotatable bonds is 3. The minimum Gasteiger partial charge on any atom is -0.372 e. The molecule has 3 rings (SSSR count). The fourth-order valence-corrected chi connectivity index (χ4v) is 3.24. The molecule has 8 nitrogen and oxygen atoms in total. The molecule has 8 heteroatoms. The average molecular weight is 346 g/mol. The number of nitrogens with zero attached hydrogens (tertiary/aromatic N) is 3. The van der Waals surface area contributed by atoms with E-state index in [1.807, 2.05) is 20.8 Å². The van der Waals surface area contributed by atoms with Crippen LogP contribution in [0.2, 0.25) is 0 Å². The van der Waals surface area contributed by atoms with E-state index in [-0.39, 0.29) is 23.5 Å². The Labute approximate surface area is 144 Å². The van der Waals surface area contributed by atoms with E-state index in [1.54, 1.807) is 4.90 Å². The van der Waals surface area contributed by atoms with Gasteiger partial charge in [-0.3, -0.25) is 19.1 Å². The molecule has 1 saturated heterocycles. The Morgan fingerprint density at radius 1 is 1.32 bits per heavy atom. The fourth-order valence-electron chi connectivity index (χ4n) is 3.24. The van der Waals surface area contributed by atoms with E-state index in [1.165, 1.54) is 16.8 Å². The van der Waals surface area contributed by atoms with Crippen molar-refractivity contribution < 1.29 is 9.53 Å². The third-order valence-electron chi connectivity index (χ3n) is 4.23. The number of carbonyl (C=O) groups excluding carboxylic acids is 1. The molecule has 134 valence electrons. The highest BCUT2D eigenvalue weighted by Gasteiger charge is 2.27. The van der Waals surface area contributed by atoms with Crippen LogP contribution in [0.5, 0.6) is 0 Å². The zero-order valence-electron chi connectivity index (χ0n) is 14.6. The smallest absolute Gasteiger partial charge is 0.329 e. The van der Waals surface area contributed by atoms with E-state index in [0.717, 1.165) is 6.42 Å². The number of aromatic amines is 1. The molecule has 0 bridgehead atoms. The zero-order valence-corrected chi connectivity index (χ0v) is 14.6. The normalized spacial score (nSPS) is 20.8. The van der Waals surface area contributed by atoms with Crippen LogP contribution >= 0.6 is 0 Å². The highest BCUT2D eigenvalue weighted by molar-refractivity contribution is 5.96.